The molecule has 2 rings (SSSR count). The van der Waals surface area contributed by atoms with Crippen LogP contribution in [0.4, 0.5) is 0 Å². The van der Waals surface area contributed by atoms with E-state index in [-0.39, 0.29) is 0 Å². The van der Waals surface area contributed by atoms with Crippen molar-refractivity contribution in [3.8, 4) is 0 Å². The van der Waals surface area contributed by atoms with Crippen molar-refractivity contribution in [2.24, 2.45) is 0 Å². The third-order valence-electron chi connectivity index (χ3n) is 4.51. The monoisotopic (exact) mass is 294 g/mol. The number of rotatable bonds is 7. The van der Waals surface area contributed by atoms with E-state index >= 15 is 0 Å². The summed E-state index contributed by atoms with van der Waals surface area (Å²) in [6, 6.07) is 1.06. The molecule has 1 saturated heterocycles. The van der Waals surface area contributed by atoms with Gasteiger partial charge < -0.3 is 15.1 Å². The highest BCUT2D eigenvalue weighted by Gasteiger charge is 2.25. The third-order valence-corrected chi connectivity index (χ3v) is 4.51. The van der Waals surface area contributed by atoms with Crippen LogP contribution in [0.3, 0.4) is 0 Å². The average molecular weight is 294 g/mol. The normalized spacial score (nSPS) is 22.6. The standard InChI is InChI=1S/C15H30N6/c1-5-6-21-15(17-12-18-21)10-13(16-2)9-14-11-19(3)7-8-20(14)4/h12-14,16H,5-11H2,1-4H3. The highest BCUT2D eigenvalue weighted by molar-refractivity contribution is 4.92. The molecule has 6 heteroatoms. The predicted molar refractivity (Wildman–Crippen MR) is 85.4 cm³/mol. The molecule has 2 unspecified atom stereocenters. The third kappa shape index (κ3) is 4.49. The first-order valence-corrected chi connectivity index (χ1v) is 8.06. The van der Waals surface area contributed by atoms with Crippen LogP contribution in [0.2, 0.25) is 0 Å². The summed E-state index contributed by atoms with van der Waals surface area (Å²) in [6.45, 7) is 6.60. The number of piperazine rings is 1. The molecular weight excluding hydrogens is 264 g/mol. The summed E-state index contributed by atoms with van der Waals surface area (Å²) in [7, 11) is 6.51. The first-order valence-electron chi connectivity index (χ1n) is 8.06. The highest BCUT2D eigenvalue weighted by atomic mass is 15.3. The number of nitrogens with zero attached hydrogens (tertiary/aromatic N) is 5. The predicted octanol–water partition coefficient (Wildman–Crippen LogP) is 0.455. The first kappa shape index (κ1) is 16.4. The van der Waals surface area contributed by atoms with Crippen molar-refractivity contribution in [2.45, 2.75) is 44.8 Å². The van der Waals surface area contributed by atoms with Gasteiger partial charge in [-0.3, -0.25) is 4.68 Å². The van der Waals surface area contributed by atoms with Crippen LogP contribution >= 0.6 is 0 Å². The number of aromatic nitrogens is 3. The van der Waals surface area contributed by atoms with Crippen LogP contribution in [0.25, 0.3) is 0 Å². The second-order valence-electron chi connectivity index (χ2n) is 6.22. The fourth-order valence-corrected chi connectivity index (χ4v) is 3.05. The molecule has 0 saturated carbocycles. The van der Waals surface area contributed by atoms with Crippen LogP contribution in [0.5, 0.6) is 0 Å². The van der Waals surface area contributed by atoms with Crippen LogP contribution in [-0.2, 0) is 13.0 Å². The lowest BCUT2D eigenvalue weighted by Crippen LogP contribution is -2.52. The number of hydrogen-bond donors (Lipinski definition) is 1. The van der Waals surface area contributed by atoms with Crippen molar-refractivity contribution in [3.05, 3.63) is 12.2 Å². The van der Waals surface area contributed by atoms with Gasteiger partial charge in [-0.25, -0.2) is 4.98 Å². The quantitative estimate of drug-likeness (QED) is 0.791. The van der Waals surface area contributed by atoms with Gasteiger partial charge in [-0.1, -0.05) is 6.92 Å². The largest absolute Gasteiger partial charge is 0.316 e. The molecule has 1 aromatic rings. The molecule has 1 aliphatic heterocycles. The summed E-state index contributed by atoms with van der Waals surface area (Å²) >= 11 is 0. The maximum atomic E-state index is 4.44. The molecule has 120 valence electrons. The fourth-order valence-electron chi connectivity index (χ4n) is 3.05. The lowest BCUT2D eigenvalue weighted by atomic mass is 10.0. The Balaban J connectivity index is 1.94. The van der Waals surface area contributed by atoms with E-state index in [4.69, 9.17) is 0 Å². The second kappa shape index (κ2) is 7.87. The molecule has 0 radical (unpaired) electrons. The minimum absolute atomic E-state index is 0.448. The van der Waals surface area contributed by atoms with Gasteiger partial charge in [0.2, 0.25) is 0 Å². The number of likely N-dealkylation sites (N-methyl/N-ethyl adjacent to an activating group) is 3. The van der Waals surface area contributed by atoms with Crippen LogP contribution in [0.15, 0.2) is 6.33 Å². The average Bonchev–Trinajstić information content (AvgIpc) is 2.89. The van der Waals surface area contributed by atoms with Crippen molar-refractivity contribution in [1.82, 2.24) is 29.9 Å². The molecule has 2 heterocycles. The van der Waals surface area contributed by atoms with E-state index in [1.54, 1.807) is 6.33 Å². The molecule has 0 bridgehead atoms. The Labute approximate surface area is 128 Å². The smallest absolute Gasteiger partial charge is 0.138 e. The van der Waals surface area contributed by atoms with Gasteiger partial charge >= 0.3 is 0 Å². The van der Waals surface area contributed by atoms with Crippen LogP contribution in [0, 0.1) is 0 Å². The van der Waals surface area contributed by atoms with Gasteiger partial charge in [-0.15, -0.1) is 0 Å². The Kier molecular flexibility index (Phi) is 6.14. The van der Waals surface area contributed by atoms with E-state index in [9.17, 15) is 0 Å². The maximum Gasteiger partial charge on any atom is 0.138 e. The van der Waals surface area contributed by atoms with Crippen molar-refractivity contribution in [1.29, 1.82) is 0 Å². The number of aryl methyl sites for hydroxylation is 1. The summed E-state index contributed by atoms with van der Waals surface area (Å²) in [5.74, 6) is 1.10. The summed E-state index contributed by atoms with van der Waals surface area (Å²) in [5, 5.41) is 7.79. The van der Waals surface area contributed by atoms with Gasteiger partial charge in [0.25, 0.3) is 0 Å². The molecule has 0 amide bonds. The summed E-state index contributed by atoms with van der Waals surface area (Å²) in [4.78, 5) is 9.35. The summed E-state index contributed by atoms with van der Waals surface area (Å²) < 4.78 is 2.04. The van der Waals surface area contributed by atoms with Crippen LogP contribution in [-0.4, -0.2) is 77.4 Å². The molecule has 1 aliphatic rings. The second-order valence-corrected chi connectivity index (χ2v) is 6.22. The van der Waals surface area contributed by atoms with Crippen molar-refractivity contribution < 1.29 is 0 Å². The van der Waals surface area contributed by atoms with E-state index < -0.39 is 0 Å². The van der Waals surface area contributed by atoms with Crippen molar-refractivity contribution >= 4 is 0 Å². The van der Waals surface area contributed by atoms with Crippen molar-refractivity contribution in [3.63, 3.8) is 0 Å². The molecule has 6 nitrogen and oxygen atoms in total. The zero-order chi connectivity index (χ0) is 15.2. The van der Waals surface area contributed by atoms with Gasteiger partial charge in [0, 0.05) is 44.7 Å². The lowest BCUT2D eigenvalue weighted by molar-refractivity contribution is 0.101. The van der Waals surface area contributed by atoms with E-state index in [2.05, 4.69) is 53.3 Å². The molecule has 0 spiro atoms. The molecule has 1 N–H and O–H groups in total. The van der Waals surface area contributed by atoms with Crippen LogP contribution in [0.1, 0.15) is 25.6 Å². The zero-order valence-corrected chi connectivity index (χ0v) is 13.9. The SMILES string of the molecule is CCCn1ncnc1CC(CC1CN(C)CCN1C)NC. The first-order chi connectivity index (χ1) is 10.1. The number of nitrogens with one attached hydrogen (secondary N) is 1. The topological polar surface area (TPSA) is 49.2 Å². The Morgan fingerprint density at radius 3 is 2.90 bits per heavy atom. The van der Waals surface area contributed by atoms with Gasteiger partial charge in [0.15, 0.2) is 0 Å². The van der Waals surface area contributed by atoms with Gasteiger partial charge in [-0.05, 0) is 34.0 Å². The van der Waals surface area contributed by atoms with Crippen molar-refractivity contribution in [2.75, 3.05) is 40.8 Å². The molecular formula is C15H30N6. The molecule has 21 heavy (non-hydrogen) atoms. The van der Waals surface area contributed by atoms with Gasteiger partial charge in [0.1, 0.15) is 12.2 Å². The molecule has 1 fully saturated rings. The fraction of sp³-hybridized carbons (Fsp3) is 0.867. The summed E-state index contributed by atoms with van der Waals surface area (Å²) in [6.07, 6.45) is 4.87. The molecule has 0 aromatic carbocycles. The van der Waals surface area contributed by atoms with Gasteiger partial charge in [0.05, 0.1) is 0 Å². The minimum atomic E-state index is 0.448. The Hall–Kier alpha value is -0.980. The van der Waals surface area contributed by atoms with E-state index in [0.717, 1.165) is 44.7 Å². The molecule has 0 aliphatic carbocycles. The minimum Gasteiger partial charge on any atom is -0.316 e. The number of hydrogen-bond acceptors (Lipinski definition) is 5. The Morgan fingerprint density at radius 1 is 1.38 bits per heavy atom. The molecule has 1 aromatic heterocycles. The lowest BCUT2D eigenvalue weighted by Gasteiger charge is -2.39. The van der Waals surface area contributed by atoms with Crippen LogP contribution < -0.4 is 5.32 Å². The van der Waals surface area contributed by atoms with E-state index in [1.165, 1.54) is 6.54 Å². The maximum absolute atomic E-state index is 4.44. The Bertz CT molecular complexity index is 418. The van der Waals surface area contributed by atoms with Gasteiger partial charge in [-0.2, -0.15) is 5.10 Å². The molecule has 2 atom stereocenters. The zero-order valence-electron chi connectivity index (χ0n) is 13.9. The van der Waals surface area contributed by atoms with E-state index in [1.807, 2.05) is 4.68 Å². The van der Waals surface area contributed by atoms with E-state index in [0.29, 0.717) is 12.1 Å². The summed E-state index contributed by atoms with van der Waals surface area (Å²) in [5.41, 5.74) is 0. The highest BCUT2D eigenvalue weighted by Crippen LogP contribution is 2.14. The Morgan fingerprint density at radius 2 is 2.19 bits per heavy atom.